The summed E-state index contributed by atoms with van der Waals surface area (Å²) in [6, 6.07) is 12.9. The molecule has 0 saturated heterocycles. The smallest absolute Gasteiger partial charge is 0.284 e. The average Bonchev–Trinajstić information content (AvgIpc) is 3.49. The summed E-state index contributed by atoms with van der Waals surface area (Å²) in [6.45, 7) is 11.9. The Morgan fingerprint density at radius 2 is 1.11 bits per heavy atom. The van der Waals surface area contributed by atoms with E-state index < -0.39 is 28.7 Å². The van der Waals surface area contributed by atoms with Gasteiger partial charge >= 0.3 is 21.1 Å². The fourth-order valence-corrected chi connectivity index (χ4v) is 4.21. The van der Waals surface area contributed by atoms with Crippen LogP contribution in [0.1, 0.15) is 89.0 Å². The largest absolute Gasteiger partial charge is 2.00 e. The number of rotatable bonds is 8. The van der Waals surface area contributed by atoms with E-state index in [1.54, 1.807) is 0 Å². The molecule has 2 aromatic heterocycles. The summed E-state index contributed by atoms with van der Waals surface area (Å²) in [6.07, 6.45) is 1.56. The Morgan fingerprint density at radius 1 is 0.737 bits per heavy atom. The van der Waals surface area contributed by atoms with Crippen LogP contribution in [0, 0.1) is 35.4 Å². The normalized spacial score (nSPS) is 13.3. The second-order valence-electron chi connectivity index (χ2n) is 10.0. The molecule has 0 bridgehead atoms. The molecule has 4 nitrogen and oxygen atoms in total. The quantitative estimate of drug-likeness (QED) is 0.140. The Balaban J connectivity index is 0.00000400. The van der Waals surface area contributed by atoms with E-state index in [9.17, 15) is 17.6 Å². The Labute approximate surface area is 235 Å². The van der Waals surface area contributed by atoms with E-state index >= 15 is 0 Å². The average molecular weight is 706 g/mol. The standard InChI is InChI=1S/C29H30F4N4.Pt/c1-7-17(3)25-15-27(34-36(25)23-11-9-19(30)13-21(23)32)29(5,6)28-16-26(18(4)8-2)37(35-28)24-12-10-20(31)14-22(24)33;/h9-10,13-18H,7-8H2,1-6H3;/q-2;+2. The Morgan fingerprint density at radius 3 is 1.42 bits per heavy atom. The molecule has 4 aromatic rings. The molecule has 0 amide bonds. The maximum atomic E-state index is 14.7. The monoisotopic (exact) mass is 705 g/mol. The first-order valence-electron chi connectivity index (χ1n) is 12.4. The van der Waals surface area contributed by atoms with Crippen molar-refractivity contribution in [3.63, 3.8) is 0 Å². The first kappa shape index (κ1) is 29.8. The van der Waals surface area contributed by atoms with Gasteiger partial charge in [0.05, 0.1) is 16.8 Å². The van der Waals surface area contributed by atoms with Gasteiger partial charge in [-0.25, -0.2) is 0 Å². The molecule has 0 aliphatic heterocycles. The maximum Gasteiger partial charge on any atom is 2.00 e. The van der Waals surface area contributed by atoms with Gasteiger partial charge in [0.15, 0.2) is 0 Å². The van der Waals surface area contributed by atoms with Crippen molar-refractivity contribution in [1.29, 1.82) is 0 Å². The molecule has 2 atom stereocenters. The van der Waals surface area contributed by atoms with Crippen LogP contribution in [0.5, 0.6) is 0 Å². The van der Waals surface area contributed by atoms with Crippen molar-refractivity contribution in [2.75, 3.05) is 0 Å². The van der Waals surface area contributed by atoms with Gasteiger partial charge in [0.2, 0.25) is 0 Å². The molecule has 0 radical (unpaired) electrons. The molecular weight excluding hydrogens is 675 g/mol. The maximum absolute atomic E-state index is 14.7. The number of benzene rings is 2. The van der Waals surface area contributed by atoms with E-state index in [-0.39, 0.29) is 44.3 Å². The van der Waals surface area contributed by atoms with E-state index in [0.717, 1.165) is 48.5 Å². The summed E-state index contributed by atoms with van der Waals surface area (Å²) in [7, 11) is 0. The molecule has 0 aliphatic rings. The van der Waals surface area contributed by atoms with Crippen molar-refractivity contribution >= 4 is 0 Å². The second kappa shape index (κ2) is 11.6. The van der Waals surface area contributed by atoms with Gasteiger partial charge in [0.25, 0.3) is 0 Å². The minimum absolute atomic E-state index is 0. The van der Waals surface area contributed by atoms with E-state index in [0.29, 0.717) is 11.4 Å². The van der Waals surface area contributed by atoms with Crippen molar-refractivity contribution in [3.05, 3.63) is 94.6 Å². The van der Waals surface area contributed by atoms with Crippen LogP contribution >= 0.6 is 0 Å². The molecule has 204 valence electrons. The van der Waals surface area contributed by atoms with E-state index in [4.69, 9.17) is 10.2 Å². The zero-order valence-corrected chi connectivity index (χ0v) is 24.4. The molecule has 0 fully saturated rings. The second-order valence-corrected chi connectivity index (χ2v) is 10.0. The zero-order valence-electron chi connectivity index (χ0n) is 22.1. The minimum atomic E-state index is -0.770. The van der Waals surface area contributed by atoms with E-state index in [2.05, 4.69) is 12.1 Å². The van der Waals surface area contributed by atoms with Gasteiger partial charge in [-0.3, -0.25) is 26.9 Å². The number of aromatic nitrogens is 4. The van der Waals surface area contributed by atoms with E-state index in [1.165, 1.54) is 9.36 Å². The van der Waals surface area contributed by atoms with Crippen molar-refractivity contribution in [3.8, 4) is 11.4 Å². The molecule has 0 aliphatic carbocycles. The Kier molecular flexibility index (Phi) is 9.07. The summed E-state index contributed by atoms with van der Waals surface area (Å²) in [5, 5.41) is 9.47. The van der Waals surface area contributed by atoms with Crippen LogP contribution in [0.3, 0.4) is 0 Å². The molecule has 0 saturated carbocycles. The molecular formula is C29H30F4N4Pt. The number of nitrogens with zero attached hydrogens (tertiary/aromatic N) is 4. The van der Waals surface area contributed by atoms with Gasteiger partial charge in [0, 0.05) is 34.7 Å². The van der Waals surface area contributed by atoms with Crippen LogP contribution in [0.4, 0.5) is 17.6 Å². The van der Waals surface area contributed by atoms with Crippen molar-refractivity contribution in [2.24, 2.45) is 0 Å². The number of hydrogen-bond donors (Lipinski definition) is 0. The Bertz CT molecular complexity index is 1320. The SMILES string of the molecule is CCC(C)c1cc(C(C)(C)c2cc(C(C)CC)n(-c3[c-]cc(F)cc3F)n2)nn1-c1[c-]cc(F)cc1F.[Pt+2]. The summed E-state index contributed by atoms with van der Waals surface area (Å²) >= 11 is 0. The van der Waals surface area contributed by atoms with Gasteiger partial charge in [-0.15, -0.1) is 24.3 Å². The molecule has 0 spiro atoms. The number of halogens is 4. The fraction of sp³-hybridized carbons (Fsp3) is 0.379. The zero-order chi connectivity index (χ0) is 27.1. The Hall–Kier alpha value is -2.73. The van der Waals surface area contributed by atoms with Gasteiger partial charge < -0.3 is 0 Å². The molecule has 38 heavy (non-hydrogen) atoms. The van der Waals surface area contributed by atoms with Crippen LogP contribution in [-0.4, -0.2) is 19.6 Å². The first-order valence-corrected chi connectivity index (χ1v) is 12.4. The predicted molar refractivity (Wildman–Crippen MR) is 134 cm³/mol. The predicted octanol–water partition coefficient (Wildman–Crippen LogP) is 7.57. The van der Waals surface area contributed by atoms with Crippen molar-refractivity contribution in [2.45, 2.75) is 71.6 Å². The first-order chi connectivity index (χ1) is 17.5. The van der Waals surface area contributed by atoms with Crippen LogP contribution in [0.15, 0.2) is 36.4 Å². The summed E-state index contributed by atoms with van der Waals surface area (Å²) in [4.78, 5) is 0. The third-order valence-corrected chi connectivity index (χ3v) is 7.09. The molecule has 2 heterocycles. The summed E-state index contributed by atoms with van der Waals surface area (Å²) in [5.74, 6) is -2.89. The molecule has 4 rings (SSSR count). The van der Waals surface area contributed by atoms with Gasteiger partial charge in [0.1, 0.15) is 0 Å². The molecule has 2 aromatic carbocycles. The topological polar surface area (TPSA) is 35.6 Å². The van der Waals surface area contributed by atoms with Crippen LogP contribution in [-0.2, 0) is 26.5 Å². The van der Waals surface area contributed by atoms with Gasteiger partial charge in [-0.05, 0) is 62.0 Å². The molecule has 2 unspecified atom stereocenters. The van der Waals surface area contributed by atoms with Gasteiger partial charge in [-0.1, -0.05) is 27.7 Å². The molecule has 9 heteroatoms. The molecule has 0 N–H and O–H groups in total. The van der Waals surface area contributed by atoms with Crippen molar-refractivity contribution in [1.82, 2.24) is 19.6 Å². The number of hydrogen-bond acceptors (Lipinski definition) is 2. The van der Waals surface area contributed by atoms with Gasteiger partial charge in [-0.2, -0.15) is 22.3 Å². The fourth-order valence-electron chi connectivity index (χ4n) is 4.21. The summed E-state index contributed by atoms with van der Waals surface area (Å²) in [5.41, 5.74) is 2.04. The van der Waals surface area contributed by atoms with Crippen LogP contribution < -0.4 is 0 Å². The minimum Gasteiger partial charge on any atom is -0.284 e. The van der Waals surface area contributed by atoms with Crippen molar-refractivity contribution < 1.29 is 38.6 Å². The third kappa shape index (κ3) is 5.51. The van der Waals surface area contributed by atoms with E-state index in [1.807, 2.05) is 53.7 Å². The third-order valence-electron chi connectivity index (χ3n) is 7.09. The summed E-state index contributed by atoms with van der Waals surface area (Å²) < 4.78 is 59.6. The van der Waals surface area contributed by atoms with Crippen LogP contribution in [0.25, 0.3) is 11.4 Å². The van der Waals surface area contributed by atoms with Crippen LogP contribution in [0.2, 0.25) is 0 Å².